The molecule has 0 N–H and O–H groups in total. The molecule has 1 atom stereocenters. The fourth-order valence-corrected chi connectivity index (χ4v) is 3.78. The largest absolute Gasteiger partial charge is 0.392 e. The van der Waals surface area contributed by atoms with Gasteiger partial charge in [-0.25, -0.2) is 0 Å². The molecule has 112 valence electrons. The van der Waals surface area contributed by atoms with Crippen molar-refractivity contribution < 1.29 is 18.5 Å². The Morgan fingerprint density at radius 2 is 1.95 bits per heavy atom. The minimum Gasteiger partial charge on any atom is -0.392 e. The van der Waals surface area contributed by atoms with Gasteiger partial charge >= 0.3 is 7.60 Å². The van der Waals surface area contributed by atoms with Crippen molar-refractivity contribution >= 4 is 13.3 Å². The van der Waals surface area contributed by atoms with Crippen molar-refractivity contribution in [2.45, 2.75) is 59.0 Å². The molecule has 0 spiro atoms. The lowest BCUT2D eigenvalue weighted by Crippen LogP contribution is -2.12. The molecule has 0 radical (unpaired) electrons. The van der Waals surface area contributed by atoms with Crippen molar-refractivity contribution in [2.75, 3.05) is 19.4 Å². The summed E-state index contributed by atoms with van der Waals surface area (Å²) in [7, 11) is -3.04. The van der Waals surface area contributed by atoms with E-state index < -0.39 is 7.60 Å². The highest BCUT2D eigenvalue weighted by Crippen LogP contribution is 2.48. The van der Waals surface area contributed by atoms with Gasteiger partial charge < -0.3 is 13.9 Å². The van der Waals surface area contributed by atoms with Crippen LogP contribution in [0.3, 0.4) is 0 Å². The predicted octanol–water partition coefficient (Wildman–Crippen LogP) is 3.98. The monoisotopic (exact) mass is 291 g/mol. The molecule has 0 aromatic heterocycles. The summed E-state index contributed by atoms with van der Waals surface area (Å²) in [4.78, 5) is 5.37. The zero-order valence-corrected chi connectivity index (χ0v) is 13.2. The van der Waals surface area contributed by atoms with Crippen LogP contribution in [0.1, 0.15) is 52.9 Å². The van der Waals surface area contributed by atoms with Crippen molar-refractivity contribution in [2.24, 2.45) is 5.16 Å². The molecule has 19 heavy (non-hydrogen) atoms. The number of hydrogen-bond donors (Lipinski definition) is 0. The van der Waals surface area contributed by atoms with Crippen molar-refractivity contribution in [3.8, 4) is 0 Å². The molecule has 0 aromatic rings. The van der Waals surface area contributed by atoms with E-state index in [2.05, 4.69) is 12.1 Å². The Morgan fingerprint density at radius 1 is 1.26 bits per heavy atom. The fraction of sp³-hybridized carbons (Fsp3) is 0.923. The first kappa shape index (κ1) is 16.7. The maximum atomic E-state index is 12.4. The van der Waals surface area contributed by atoms with E-state index in [9.17, 15) is 4.57 Å². The van der Waals surface area contributed by atoms with E-state index in [0.717, 1.165) is 25.0 Å². The van der Waals surface area contributed by atoms with Crippen LogP contribution in [-0.4, -0.2) is 31.2 Å². The molecule has 1 heterocycles. The van der Waals surface area contributed by atoms with Crippen LogP contribution in [0.25, 0.3) is 0 Å². The average Bonchev–Trinajstić information content (AvgIpc) is 2.77. The zero-order chi connectivity index (χ0) is 14.1. The Labute approximate surface area is 116 Å². The van der Waals surface area contributed by atoms with Gasteiger partial charge in [0.25, 0.3) is 0 Å². The van der Waals surface area contributed by atoms with Crippen LogP contribution in [0.4, 0.5) is 0 Å². The molecule has 0 saturated heterocycles. The molecule has 1 rings (SSSR count). The summed E-state index contributed by atoms with van der Waals surface area (Å²) in [6.45, 7) is 6.56. The molecule has 0 saturated carbocycles. The summed E-state index contributed by atoms with van der Waals surface area (Å²) in [5, 5.41) is 4.03. The highest BCUT2D eigenvalue weighted by atomic mass is 31.2. The second-order valence-electron chi connectivity index (χ2n) is 4.69. The summed E-state index contributed by atoms with van der Waals surface area (Å²) in [5.74, 6) is 0. The standard InChI is InChI=1S/C13H26NO4P/c1-4-7-8-9-13-10-12(14-18-13)11-19(15,16-5-2)17-6-3/h13H,4-11H2,1-3H3. The summed E-state index contributed by atoms with van der Waals surface area (Å²) in [6.07, 6.45) is 5.70. The Kier molecular flexibility index (Phi) is 7.66. The third-order valence-corrected chi connectivity index (χ3v) is 5.01. The highest BCUT2D eigenvalue weighted by molar-refractivity contribution is 7.54. The Morgan fingerprint density at radius 3 is 2.53 bits per heavy atom. The van der Waals surface area contributed by atoms with Crippen LogP contribution in [-0.2, 0) is 18.5 Å². The molecule has 0 aliphatic carbocycles. The second kappa shape index (κ2) is 8.72. The lowest BCUT2D eigenvalue weighted by molar-refractivity contribution is 0.0771. The molecule has 1 unspecified atom stereocenters. The topological polar surface area (TPSA) is 57.1 Å². The maximum absolute atomic E-state index is 12.4. The smallest absolute Gasteiger partial charge is 0.336 e. The normalized spacial score (nSPS) is 19.3. The molecular formula is C13H26NO4P. The SMILES string of the molecule is CCCCCC1CC(CP(=O)(OCC)OCC)=NO1. The lowest BCUT2D eigenvalue weighted by Gasteiger charge is -2.16. The minimum atomic E-state index is -3.04. The van der Waals surface area contributed by atoms with Crippen molar-refractivity contribution in [3.63, 3.8) is 0 Å². The first-order valence-electron chi connectivity index (χ1n) is 7.23. The van der Waals surface area contributed by atoms with Gasteiger partial charge in [0.2, 0.25) is 0 Å². The van der Waals surface area contributed by atoms with Crippen LogP contribution in [0.2, 0.25) is 0 Å². The van der Waals surface area contributed by atoms with Gasteiger partial charge in [-0.2, -0.15) is 0 Å². The Bertz CT molecular complexity index is 323. The van der Waals surface area contributed by atoms with E-state index in [0.29, 0.717) is 13.2 Å². The maximum Gasteiger partial charge on any atom is 0.336 e. The van der Waals surface area contributed by atoms with Gasteiger partial charge in [0, 0.05) is 6.42 Å². The first-order valence-corrected chi connectivity index (χ1v) is 8.96. The number of unbranched alkanes of at least 4 members (excludes halogenated alkanes) is 2. The minimum absolute atomic E-state index is 0.137. The third kappa shape index (κ3) is 6.07. The van der Waals surface area contributed by atoms with Gasteiger partial charge in [0.05, 0.1) is 25.1 Å². The zero-order valence-electron chi connectivity index (χ0n) is 12.3. The number of nitrogens with zero attached hydrogens (tertiary/aromatic N) is 1. The molecule has 0 aromatic carbocycles. The van der Waals surface area contributed by atoms with E-state index in [1.165, 1.54) is 12.8 Å². The molecule has 0 fully saturated rings. The average molecular weight is 291 g/mol. The van der Waals surface area contributed by atoms with Crippen LogP contribution in [0.5, 0.6) is 0 Å². The summed E-state index contributed by atoms with van der Waals surface area (Å²) in [5.41, 5.74) is 0.798. The van der Waals surface area contributed by atoms with Crippen LogP contribution in [0.15, 0.2) is 5.16 Å². The molecule has 0 bridgehead atoms. The molecule has 0 amide bonds. The molecule has 6 heteroatoms. The number of hydrogen-bond acceptors (Lipinski definition) is 5. The van der Waals surface area contributed by atoms with Crippen LogP contribution < -0.4 is 0 Å². The Hall–Kier alpha value is -0.380. The van der Waals surface area contributed by atoms with Crippen LogP contribution >= 0.6 is 7.60 Å². The second-order valence-corrected chi connectivity index (χ2v) is 6.74. The lowest BCUT2D eigenvalue weighted by atomic mass is 10.1. The van der Waals surface area contributed by atoms with Gasteiger partial charge in [0.1, 0.15) is 6.10 Å². The van der Waals surface area contributed by atoms with Crippen molar-refractivity contribution in [1.82, 2.24) is 0 Å². The highest BCUT2D eigenvalue weighted by Gasteiger charge is 2.30. The fourth-order valence-electron chi connectivity index (χ4n) is 2.10. The van der Waals surface area contributed by atoms with E-state index in [4.69, 9.17) is 13.9 Å². The quantitative estimate of drug-likeness (QED) is 0.451. The molecular weight excluding hydrogens is 265 g/mol. The number of rotatable bonds is 10. The summed E-state index contributed by atoms with van der Waals surface area (Å²) >= 11 is 0. The van der Waals surface area contributed by atoms with E-state index in [1.807, 2.05) is 13.8 Å². The van der Waals surface area contributed by atoms with Gasteiger partial charge in [-0.15, -0.1) is 0 Å². The summed E-state index contributed by atoms with van der Waals surface area (Å²) < 4.78 is 22.9. The third-order valence-electron chi connectivity index (χ3n) is 2.95. The van der Waals surface area contributed by atoms with Gasteiger partial charge in [-0.1, -0.05) is 24.9 Å². The predicted molar refractivity (Wildman–Crippen MR) is 76.8 cm³/mol. The van der Waals surface area contributed by atoms with E-state index in [-0.39, 0.29) is 12.3 Å². The van der Waals surface area contributed by atoms with Gasteiger partial charge in [0.15, 0.2) is 0 Å². The van der Waals surface area contributed by atoms with Crippen LogP contribution in [0, 0.1) is 0 Å². The van der Waals surface area contributed by atoms with Gasteiger partial charge in [-0.3, -0.25) is 4.57 Å². The van der Waals surface area contributed by atoms with Crippen molar-refractivity contribution in [3.05, 3.63) is 0 Å². The Balaban J connectivity index is 2.38. The molecule has 1 aliphatic heterocycles. The van der Waals surface area contributed by atoms with Crippen molar-refractivity contribution in [1.29, 1.82) is 0 Å². The summed E-state index contributed by atoms with van der Waals surface area (Å²) in [6, 6.07) is 0. The van der Waals surface area contributed by atoms with Gasteiger partial charge in [-0.05, 0) is 26.7 Å². The first-order chi connectivity index (χ1) is 9.13. The number of oxime groups is 1. The molecule has 1 aliphatic rings. The van der Waals surface area contributed by atoms with E-state index >= 15 is 0 Å². The van der Waals surface area contributed by atoms with E-state index in [1.54, 1.807) is 0 Å². The molecule has 5 nitrogen and oxygen atoms in total.